The van der Waals surface area contributed by atoms with Crippen molar-refractivity contribution < 1.29 is 9.53 Å². The molecule has 2 aromatic heterocycles. The van der Waals surface area contributed by atoms with Gasteiger partial charge in [0.2, 0.25) is 0 Å². The summed E-state index contributed by atoms with van der Waals surface area (Å²) in [4.78, 5) is 27.1. The highest BCUT2D eigenvalue weighted by Crippen LogP contribution is 2.25. The quantitative estimate of drug-likeness (QED) is 0.882. The second-order valence-corrected chi connectivity index (χ2v) is 6.66. The van der Waals surface area contributed by atoms with E-state index < -0.39 is 0 Å². The Kier molecular flexibility index (Phi) is 5.78. The van der Waals surface area contributed by atoms with Crippen LogP contribution in [0.25, 0.3) is 0 Å². The van der Waals surface area contributed by atoms with Crippen LogP contribution in [0.4, 0.5) is 0 Å². The van der Waals surface area contributed by atoms with Crippen molar-refractivity contribution in [3.63, 3.8) is 0 Å². The third kappa shape index (κ3) is 4.16. The predicted molar refractivity (Wildman–Crippen MR) is 98.1 cm³/mol. The highest BCUT2D eigenvalue weighted by Gasteiger charge is 2.23. The molecule has 0 spiro atoms. The molecule has 0 unspecified atom stereocenters. The van der Waals surface area contributed by atoms with Gasteiger partial charge in [0.15, 0.2) is 0 Å². The Balaban J connectivity index is 1.54. The molecule has 26 heavy (non-hydrogen) atoms. The summed E-state index contributed by atoms with van der Waals surface area (Å²) < 4.78 is 5.49. The monoisotopic (exact) mass is 355 g/mol. The summed E-state index contributed by atoms with van der Waals surface area (Å²) in [6.07, 6.45) is 8.27. The minimum absolute atomic E-state index is 0.155. The van der Waals surface area contributed by atoms with Crippen LogP contribution in [0.15, 0.2) is 24.8 Å². The van der Waals surface area contributed by atoms with Gasteiger partial charge in [0.1, 0.15) is 11.4 Å². The van der Waals surface area contributed by atoms with Gasteiger partial charge in [-0.05, 0) is 26.7 Å². The number of pyridine rings is 1. The molecule has 7 nitrogen and oxygen atoms in total. The molecule has 0 aromatic carbocycles. The Morgan fingerprint density at radius 1 is 1.23 bits per heavy atom. The van der Waals surface area contributed by atoms with Gasteiger partial charge in [0, 0.05) is 55.4 Å². The van der Waals surface area contributed by atoms with Gasteiger partial charge in [-0.2, -0.15) is 0 Å². The molecule has 138 valence electrons. The first-order valence-corrected chi connectivity index (χ1v) is 8.86. The summed E-state index contributed by atoms with van der Waals surface area (Å²) in [7, 11) is 1.70. The number of aryl methyl sites for hydroxylation is 1. The van der Waals surface area contributed by atoms with Crippen LogP contribution in [-0.2, 0) is 6.54 Å². The first kappa shape index (κ1) is 18.3. The van der Waals surface area contributed by atoms with Crippen LogP contribution < -0.4 is 10.1 Å². The molecule has 1 N–H and O–H groups in total. The van der Waals surface area contributed by atoms with Crippen molar-refractivity contribution in [2.24, 2.45) is 0 Å². The Morgan fingerprint density at radius 3 is 2.65 bits per heavy atom. The van der Waals surface area contributed by atoms with E-state index in [0.717, 1.165) is 55.0 Å². The number of carbonyl (C=O) groups is 1. The first-order valence-electron chi connectivity index (χ1n) is 8.86. The van der Waals surface area contributed by atoms with E-state index >= 15 is 0 Å². The average molecular weight is 355 g/mol. The number of rotatable bonds is 5. The molecule has 7 heteroatoms. The van der Waals surface area contributed by atoms with E-state index in [0.29, 0.717) is 5.69 Å². The Bertz CT molecular complexity index is 758. The van der Waals surface area contributed by atoms with Crippen molar-refractivity contribution in [1.82, 2.24) is 25.2 Å². The lowest BCUT2D eigenvalue weighted by atomic mass is 10.0. The SMILES string of the molecule is COc1c(C)cnc(CN2CCC(NC(=O)c3cnccn3)CC2)c1C. The zero-order valence-corrected chi connectivity index (χ0v) is 15.5. The Labute approximate surface area is 153 Å². The van der Waals surface area contributed by atoms with Crippen molar-refractivity contribution in [3.05, 3.63) is 47.3 Å². The minimum Gasteiger partial charge on any atom is -0.496 e. The molecule has 1 aliphatic rings. The first-order chi connectivity index (χ1) is 12.6. The largest absolute Gasteiger partial charge is 0.496 e. The zero-order chi connectivity index (χ0) is 18.5. The number of ether oxygens (including phenoxy) is 1. The summed E-state index contributed by atoms with van der Waals surface area (Å²) in [5, 5.41) is 3.05. The fourth-order valence-corrected chi connectivity index (χ4v) is 3.35. The van der Waals surface area contributed by atoms with E-state index in [1.165, 1.54) is 12.4 Å². The van der Waals surface area contributed by atoms with Gasteiger partial charge in [-0.1, -0.05) is 0 Å². The van der Waals surface area contributed by atoms with Crippen LogP contribution in [-0.4, -0.2) is 52.0 Å². The molecule has 3 rings (SSSR count). The van der Waals surface area contributed by atoms with E-state index in [9.17, 15) is 4.79 Å². The van der Waals surface area contributed by atoms with Crippen LogP contribution in [0, 0.1) is 13.8 Å². The highest BCUT2D eigenvalue weighted by atomic mass is 16.5. The second-order valence-electron chi connectivity index (χ2n) is 6.66. The van der Waals surface area contributed by atoms with Crippen molar-refractivity contribution >= 4 is 5.91 Å². The molecule has 0 bridgehead atoms. The van der Waals surface area contributed by atoms with Gasteiger partial charge in [-0.15, -0.1) is 0 Å². The van der Waals surface area contributed by atoms with Crippen LogP contribution in [0.3, 0.4) is 0 Å². The third-order valence-electron chi connectivity index (χ3n) is 4.84. The number of nitrogens with one attached hydrogen (secondary N) is 1. The lowest BCUT2D eigenvalue weighted by Gasteiger charge is -2.32. The third-order valence-corrected chi connectivity index (χ3v) is 4.84. The summed E-state index contributed by atoms with van der Waals surface area (Å²) in [5.41, 5.74) is 3.57. The van der Waals surface area contributed by atoms with Crippen LogP contribution in [0.2, 0.25) is 0 Å². The van der Waals surface area contributed by atoms with E-state index in [4.69, 9.17) is 4.74 Å². The number of aromatic nitrogens is 3. The number of hydrogen-bond donors (Lipinski definition) is 1. The van der Waals surface area contributed by atoms with Gasteiger partial charge in [-0.3, -0.25) is 19.7 Å². The van der Waals surface area contributed by atoms with Crippen molar-refractivity contribution in [2.45, 2.75) is 39.3 Å². The highest BCUT2D eigenvalue weighted by molar-refractivity contribution is 5.92. The molecule has 1 fully saturated rings. The molecule has 0 aliphatic carbocycles. The maximum Gasteiger partial charge on any atom is 0.271 e. The minimum atomic E-state index is -0.155. The zero-order valence-electron chi connectivity index (χ0n) is 15.5. The number of likely N-dealkylation sites (tertiary alicyclic amines) is 1. The van der Waals surface area contributed by atoms with Gasteiger partial charge in [0.25, 0.3) is 5.91 Å². The fourth-order valence-electron chi connectivity index (χ4n) is 3.35. The summed E-state index contributed by atoms with van der Waals surface area (Å²) >= 11 is 0. The molecule has 0 atom stereocenters. The number of carbonyl (C=O) groups excluding carboxylic acids is 1. The number of hydrogen-bond acceptors (Lipinski definition) is 6. The van der Waals surface area contributed by atoms with Crippen LogP contribution in [0.5, 0.6) is 5.75 Å². The lowest BCUT2D eigenvalue weighted by Crippen LogP contribution is -2.44. The van der Waals surface area contributed by atoms with Crippen molar-refractivity contribution in [1.29, 1.82) is 0 Å². The van der Waals surface area contributed by atoms with Crippen molar-refractivity contribution in [2.75, 3.05) is 20.2 Å². The molecule has 1 aliphatic heterocycles. The number of methoxy groups -OCH3 is 1. The maximum absolute atomic E-state index is 12.2. The number of amides is 1. The van der Waals surface area contributed by atoms with Crippen LogP contribution >= 0.6 is 0 Å². The summed E-state index contributed by atoms with van der Waals surface area (Å²) in [6, 6.07) is 0.169. The lowest BCUT2D eigenvalue weighted by molar-refractivity contribution is 0.0903. The molecule has 1 amide bonds. The fraction of sp³-hybridized carbons (Fsp3) is 0.474. The molecular formula is C19H25N5O2. The van der Waals surface area contributed by atoms with E-state index in [2.05, 4.69) is 32.1 Å². The smallest absolute Gasteiger partial charge is 0.271 e. The standard InChI is InChI=1S/C19H25N5O2/c1-13-10-22-17(14(2)18(13)26-3)12-24-8-4-15(5-9-24)23-19(25)16-11-20-6-7-21-16/h6-7,10-11,15H,4-5,8-9,12H2,1-3H3,(H,23,25). The van der Waals surface area contributed by atoms with E-state index in [-0.39, 0.29) is 11.9 Å². The van der Waals surface area contributed by atoms with E-state index in [1.54, 1.807) is 13.3 Å². The molecular weight excluding hydrogens is 330 g/mol. The predicted octanol–water partition coefficient (Wildman–Crippen LogP) is 1.89. The molecule has 0 saturated carbocycles. The summed E-state index contributed by atoms with van der Waals surface area (Å²) in [6.45, 7) is 6.70. The maximum atomic E-state index is 12.2. The second kappa shape index (κ2) is 8.23. The number of nitrogens with zero attached hydrogens (tertiary/aromatic N) is 4. The Hall–Kier alpha value is -2.54. The van der Waals surface area contributed by atoms with Gasteiger partial charge in [-0.25, -0.2) is 4.98 Å². The Morgan fingerprint density at radius 2 is 2.00 bits per heavy atom. The average Bonchev–Trinajstić information content (AvgIpc) is 2.66. The van der Waals surface area contributed by atoms with E-state index in [1.807, 2.05) is 13.1 Å². The normalized spacial score (nSPS) is 15.7. The molecule has 2 aromatic rings. The van der Waals surface area contributed by atoms with Crippen molar-refractivity contribution in [3.8, 4) is 5.75 Å². The van der Waals surface area contributed by atoms with Gasteiger partial charge >= 0.3 is 0 Å². The number of piperidine rings is 1. The molecule has 1 saturated heterocycles. The van der Waals surface area contributed by atoms with Crippen LogP contribution in [0.1, 0.15) is 40.2 Å². The molecule has 0 radical (unpaired) electrons. The molecule has 3 heterocycles. The summed E-state index contributed by atoms with van der Waals surface area (Å²) in [5.74, 6) is 0.762. The van der Waals surface area contributed by atoms with Gasteiger partial charge < -0.3 is 10.1 Å². The van der Waals surface area contributed by atoms with Gasteiger partial charge in [0.05, 0.1) is 19.0 Å². The topological polar surface area (TPSA) is 80.2 Å².